The van der Waals surface area contributed by atoms with Crippen LogP contribution in [-0.4, -0.2) is 4.98 Å². The maximum atomic E-state index is 12.3. The summed E-state index contributed by atoms with van der Waals surface area (Å²) in [6, 6.07) is 9.22. The molecule has 0 amide bonds. The highest BCUT2D eigenvalue weighted by atomic mass is 16.3. The van der Waals surface area contributed by atoms with Gasteiger partial charge in [0, 0.05) is 6.20 Å². The second-order valence-electron chi connectivity index (χ2n) is 4.72. The van der Waals surface area contributed by atoms with Crippen LogP contribution >= 0.6 is 0 Å². The molecule has 3 aromatic rings. The summed E-state index contributed by atoms with van der Waals surface area (Å²) in [4.78, 5) is 16.6. The van der Waals surface area contributed by atoms with Gasteiger partial charge in [-0.15, -0.1) is 0 Å². The maximum absolute atomic E-state index is 12.3. The van der Waals surface area contributed by atoms with Gasteiger partial charge < -0.3 is 4.42 Å². The number of benzene rings is 1. The SMILES string of the molecule is CCCCc1cnc2c(=O)c3ccccc3oc2c1. The van der Waals surface area contributed by atoms with Crippen LogP contribution in [0.4, 0.5) is 0 Å². The lowest BCUT2D eigenvalue weighted by Crippen LogP contribution is -2.04. The fraction of sp³-hybridized carbons (Fsp3) is 0.250. The van der Waals surface area contributed by atoms with Crippen LogP contribution in [0.15, 0.2) is 45.7 Å². The van der Waals surface area contributed by atoms with Gasteiger partial charge in [0.15, 0.2) is 11.1 Å². The standard InChI is InChI=1S/C16H15NO2/c1-2-3-6-11-9-14-15(17-10-11)16(18)12-7-4-5-8-13(12)19-14/h4-5,7-10H,2-3,6H2,1H3. The molecule has 2 heterocycles. The summed E-state index contributed by atoms with van der Waals surface area (Å²) in [5.74, 6) is 0. The number of rotatable bonds is 3. The summed E-state index contributed by atoms with van der Waals surface area (Å²) in [5, 5.41) is 0.587. The minimum absolute atomic E-state index is 0.0566. The van der Waals surface area contributed by atoms with Crippen LogP contribution in [0.3, 0.4) is 0 Å². The molecular weight excluding hydrogens is 238 g/mol. The Morgan fingerprint density at radius 3 is 2.89 bits per heavy atom. The van der Waals surface area contributed by atoms with Gasteiger partial charge >= 0.3 is 0 Å². The van der Waals surface area contributed by atoms with Crippen LogP contribution in [0.25, 0.3) is 22.1 Å². The fourth-order valence-electron chi connectivity index (χ4n) is 2.24. The lowest BCUT2D eigenvalue weighted by Gasteiger charge is -2.03. The van der Waals surface area contributed by atoms with Crippen molar-refractivity contribution < 1.29 is 4.42 Å². The van der Waals surface area contributed by atoms with E-state index in [2.05, 4.69) is 11.9 Å². The molecule has 3 nitrogen and oxygen atoms in total. The van der Waals surface area contributed by atoms with Crippen molar-refractivity contribution in [2.75, 3.05) is 0 Å². The normalized spacial score (nSPS) is 11.2. The van der Waals surface area contributed by atoms with Crippen molar-refractivity contribution in [1.29, 1.82) is 0 Å². The zero-order chi connectivity index (χ0) is 13.2. The van der Waals surface area contributed by atoms with Crippen molar-refractivity contribution in [3.05, 3.63) is 52.3 Å². The molecule has 0 aliphatic rings. The molecule has 0 aliphatic carbocycles. The molecule has 0 spiro atoms. The molecule has 1 aromatic carbocycles. The van der Waals surface area contributed by atoms with E-state index in [0.717, 1.165) is 24.8 Å². The molecule has 0 aliphatic heterocycles. The smallest absolute Gasteiger partial charge is 0.218 e. The molecule has 3 rings (SSSR count). The van der Waals surface area contributed by atoms with Crippen LogP contribution in [0.1, 0.15) is 25.3 Å². The summed E-state index contributed by atoms with van der Waals surface area (Å²) in [6.07, 6.45) is 5.00. The van der Waals surface area contributed by atoms with Gasteiger partial charge in [0.25, 0.3) is 0 Å². The third-order valence-electron chi connectivity index (χ3n) is 3.30. The van der Waals surface area contributed by atoms with Gasteiger partial charge in [-0.3, -0.25) is 4.79 Å². The van der Waals surface area contributed by atoms with Crippen LogP contribution in [0.2, 0.25) is 0 Å². The lowest BCUT2D eigenvalue weighted by atomic mass is 10.1. The molecule has 2 aromatic heterocycles. The zero-order valence-corrected chi connectivity index (χ0v) is 10.8. The summed E-state index contributed by atoms with van der Waals surface area (Å²) in [5.41, 5.74) is 2.68. The van der Waals surface area contributed by atoms with E-state index >= 15 is 0 Å². The van der Waals surface area contributed by atoms with Crippen LogP contribution in [0.5, 0.6) is 0 Å². The van der Waals surface area contributed by atoms with Crippen molar-refractivity contribution in [2.24, 2.45) is 0 Å². The number of nitrogens with zero attached hydrogens (tertiary/aromatic N) is 1. The molecule has 0 saturated heterocycles. The van der Waals surface area contributed by atoms with E-state index in [9.17, 15) is 4.79 Å². The minimum atomic E-state index is -0.0566. The highest BCUT2D eigenvalue weighted by Crippen LogP contribution is 2.18. The highest BCUT2D eigenvalue weighted by molar-refractivity contribution is 5.87. The molecule has 96 valence electrons. The number of pyridine rings is 1. The lowest BCUT2D eigenvalue weighted by molar-refractivity contribution is 0.656. The first kappa shape index (κ1) is 11.9. The Hall–Kier alpha value is -2.16. The second kappa shape index (κ2) is 4.84. The van der Waals surface area contributed by atoms with Gasteiger partial charge in [0.1, 0.15) is 5.58 Å². The summed E-state index contributed by atoms with van der Waals surface area (Å²) < 4.78 is 5.79. The van der Waals surface area contributed by atoms with Crippen LogP contribution in [0, 0.1) is 0 Å². The Morgan fingerprint density at radius 2 is 2.05 bits per heavy atom. The van der Waals surface area contributed by atoms with Gasteiger partial charge in [0.05, 0.1) is 5.39 Å². The van der Waals surface area contributed by atoms with Crippen molar-refractivity contribution >= 4 is 22.1 Å². The average Bonchev–Trinajstić information content (AvgIpc) is 2.45. The van der Waals surface area contributed by atoms with E-state index < -0.39 is 0 Å². The number of hydrogen-bond donors (Lipinski definition) is 0. The number of aromatic nitrogens is 1. The van der Waals surface area contributed by atoms with Gasteiger partial charge in [-0.25, -0.2) is 4.98 Å². The van der Waals surface area contributed by atoms with E-state index in [1.807, 2.05) is 24.3 Å². The van der Waals surface area contributed by atoms with Gasteiger partial charge in [-0.1, -0.05) is 25.5 Å². The molecular formula is C16H15NO2. The minimum Gasteiger partial charge on any atom is -0.454 e. The Balaban J connectivity index is 2.23. The number of unbranched alkanes of at least 4 members (excludes halogenated alkanes) is 1. The van der Waals surface area contributed by atoms with E-state index in [1.54, 1.807) is 12.3 Å². The van der Waals surface area contributed by atoms with Crippen molar-refractivity contribution in [3.63, 3.8) is 0 Å². The zero-order valence-electron chi connectivity index (χ0n) is 10.8. The third kappa shape index (κ3) is 2.12. The topological polar surface area (TPSA) is 43.1 Å². The number of fused-ring (bicyclic) bond motifs is 2. The monoisotopic (exact) mass is 253 g/mol. The maximum Gasteiger partial charge on any atom is 0.218 e. The molecule has 0 N–H and O–H groups in total. The number of para-hydroxylation sites is 1. The van der Waals surface area contributed by atoms with Crippen LogP contribution < -0.4 is 5.43 Å². The molecule has 0 saturated carbocycles. The number of hydrogen-bond acceptors (Lipinski definition) is 3. The molecule has 3 heteroatoms. The first-order valence-electron chi connectivity index (χ1n) is 6.60. The Labute approximate surface area is 110 Å². The van der Waals surface area contributed by atoms with Crippen LogP contribution in [-0.2, 0) is 6.42 Å². The molecule has 0 fully saturated rings. The predicted octanol–water partition coefficient (Wildman–Crippen LogP) is 3.68. The summed E-state index contributed by atoms with van der Waals surface area (Å²) in [6.45, 7) is 2.15. The third-order valence-corrected chi connectivity index (χ3v) is 3.30. The Bertz CT molecular complexity index is 789. The van der Waals surface area contributed by atoms with E-state index in [-0.39, 0.29) is 5.43 Å². The van der Waals surface area contributed by atoms with Crippen molar-refractivity contribution in [2.45, 2.75) is 26.2 Å². The molecule has 0 bridgehead atoms. The van der Waals surface area contributed by atoms with Gasteiger partial charge in [-0.2, -0.15) is 0 Å². The molecule has 0 radical (unpaired) electrons. The van der Waals surface area contributed by atoms with Gasteiger partial charge in [-0.05, 0) is 36.6 Å². The first-order valence-corrected chi connectivity index (χ1v) is 6.60. The predicted molar refractivity (Wildman–Crippen MR) is 76.4 cm³/mol. The van der Waals surface area contributed by atoms with Gasteiger partial charge in [0.2, 0.25) is 5.43 Å². The quantitative estimate of drug-likeness (QED) is 0.669. The summed E-state index contributed by atoms with van der Waals surface area (Å²) >= 11 is 0. The van der Waals surface area contributed by atoms with E-state index in [4.69, 9.17) is 4.42 Å². The summed E-state index contributed by atoms with van der Waals surface area (Å²) in [7, 11) is 0. The largest absolute Gasteiger partial charge is 0.454 e. The Kier molecular flexibility index (Phi) is 3.03. The first-order chi connectivity index (χ1) is 9.29. The molecule has 19 heavy (non-hydrogen) atoms. The Morgan fingerprint density at radius 1 is 1.21 bits per heavy atom. The van der Waals surface area contributed by atoms with E-state index in [0.29, 0.717) is 22.1 Å². The second-order valence-corrected chi connectivity index (χ2v) is 4.72. The average molecular weight is 253 g/mol. The van der Waals surface area contributed by atoms with Crippen molar-refractivity contribution in [3.8, 4) is 0 Å². The fourth-order valence-corrected chi connectivity index (χ4v) is 2.24. The van der Waals surface area contributed by atoms with Crippen molar-refractivity contribution in [1.82, 2.24) is 4.98 Å². The van der Waals surface area contributed by atoms with E-state index in [1.165, 1.54) is 0 Å². The molecule has 0 atom stereocenters. The molecule has 0 unspecified atom stereocenters. The number of aryl methyl sites for hydroxylation is 1. The highest BCUT2D eigenvalue weighted by Gasteiger charge is 2.08.